The Balaban J connectivity index is 3.60. The lowest BCUT2D eigenvalue weighted by atomic mass is 10.1. The molecular weight excluding hydrogens is 228 g/mol. The highest BCUT2D eigenvalue weighted by atomic mass is 16.5. The number of amides is 2. The number of carbonyl (C=O) groups is 3. The summed E-state index contributed by atoms with van der Waals surface area (Å²) in [4.78, 5) is 32.5. The van der Waals surface area contributed by atoms with E-state index in [-0.39, 0.29) is 19.7 Å². The second kappa shape index (κ2) is 8.37. The molecule has 17 heavy (non-hydrogen) atoms. The highest BCUT2D eigenvalue weighted by molar-refractivity contribution is 5.80. The maximum absolute atomic E-state index is 11.1. The monoisotopic (exact) mass is 246 g/mol. The molecule has 0 aromatic heterocycles. The number of carbonyl (C=O) groups excluding carboxylic acids is 2. The number of ether oxygens (including phenoxy) is 1. The van der Waals surface area contributed by atoms with Crippen molar-refractivity contribution in [2.45, 2.75) is 20.3 Å². The fourth-order valence-electron chi connectivity index (χ4n) is 0.953. The van der Waals surface area contributed by atoms with Crippen LogP contribution in [0, 0.1) is 5.92 Å². The Kier molecular flexibility index (Phi) is 7.49. The highest BCUT2D eigenvalue weighted by Crippen LogP contribution is 1.99. The Morgan fingerprint density at radius 1 is 1.29 bits per heavy atom. The van der Waals surface area contributed by atoms with Gasteiger partial charge in [-0.3, -0.25) is 9.59 Å². The SMILES string of the molecule is CCOC(=O)CNC(=O)NCCC(C)C(=O)O. The smallest absolute Gasteiger partial charge is 0.325 e. The Labute approximate surface area is 99.5 Å². The number of hydrogen-bond acceptors (Lipinski definition) is 4. The van der Waals surface area contributed by atoms with Gasteiger partial charge in [0.05, 0.1) is 12.5 Å². The van der Waals surface area contributed by atoms with E-state index in [1.165, 1.54) is 0 Å². The van der Waals surface area contributed by atoms with Crippen LogP contribution >= 0.6 is 0 Å². The summed E-state index contributed by atoms with van der Waals surface area (Å²) in [6.45, 7) is 3.53. The zero-order chi connectivity index (χ0) is 13.3. The van der Waals surface area contributed by atoms with Crippen molar-refractivity contribution in [1.82, 2.24) is 10.6 Å². The van der Waals surface area contributed by atoms with Gasteiger partial charge in [-0.25, -0.2) is 4.79 Å². The van der Waals surface area contributed by atoms with Crippen LogP contribution in [0.15, 0.2) is 0 Å². The summed E-state index contributed by atoms with van der Waals surface area (Å²) in [6.07, 6.45) is 0.335. The predicted octanol–water partition coefficient (Wildman–Crippen LogP) is -0.0405. The fourth-order valence-corrected chi connectivity index (χ4v) is 0.953. The molecule has 2 amide bonds. The van der Waals surface area contributed by atoms with E-state index in [0.29, 0.717) is 6.42 Å². The topological polar surface area (TPSA) is 105 Å². The van der Waals surface area contributed by atoms with Crippen LogP contribution in [0.1, 0.15) is 20.3 Å². The summed E-state index contributed by atoms with van der Waals surface area (Å²) < 4.78 is 4.61. The van der Waals surface area contributed by atoms with Crippen LogP contribution in [0.5, 0.6) is 0 Å². The average Bonchev–Trinajstić information content (AvgIpc) is 2.26. The van der Waals surface area contributed by atoms with E-state index in [9.17, 15) is 14.4 Å². The molecule has 0 saturated heterocycles. The van der Waals surface area contributed by atoms with Crippen LogP contribution in [0.25, 0.3) is 0 Å². The van der Waals surface area contributed by atoms with Crippen LogP contribution in [0.2, 0.25) is 0 Å². The van der Waals surface area contributed by atoms with E-state index in [2.05, 4.69) is 15.4 Å². The van der Waals surface area contributed by atoms with Gasteiger partial charge in [0.2, 0.25) is 0 Å². The number of carboxylic acids is 1. The molecule has 0 rings (SSSR count). The molecule has 0 spiro atoms. The lowest BCUT2D eigenvalue weighted by Gasteiger charge is -2.08. The van der Waals surface area contributed by atoms with Crippen molar-refractivity contribution in [2.75, 3.05) is 19.7 Å². The number of hydrogen-bond donors (Lipinski definition) is 3. The minimum atomic E-state index is -0.904. The van der Waals surface area contributed by atoms with Crippen LogP contribution in [0.3, 0.4) is 0 Å². The summed E-state index contributed by atoms with van der Waals surface area (Å²) in [5, 5.41) is 13.3. The molecule has 0 bridgehead atoms. The molecule has 1 atom stereocenters. The molecule has 0 aliphatic rings. The molecule has 0 fully saturated rings. The summed E-state index contributed by atoms with van der Waals surface area (Å²) in [5.41, 5.74) is 0. The van der Waals surface area contributed by atoms with Gasteiger partial charge >= 0.3 is 18.0 Å². The quantitative estimate of drug-likeness (QED) is 0.547. The average molecular weight is 246 g/mol. The number of nitrogens with one attached hydrogen (secondary N) is 2. The van der Waals surface area contributed by atoms with E-state index in [4.69, 9.17) is 5.11 Å². The maximum atomic E-state index is 11.1. The van der Waals surface area contributed by atoms with Gasteiger partial charge in [-0.15, -0.1) is 0 Å². The van der Waals surface area contributed by atoms with Crippen molar-refractivity contribution in [2.24, 2.45) is 5.92 Å². The van der Waals surface area contributed by atoms with E-state index in [1.807, 2.05) is 0 Å². The van der Waals surface area contributed by atoms with Crippen molar-refractivity contribution < 1.29 is 24.2 Å². The molecule has 0 aromatic carbocycles. The molecule has 0 radical (unpaired) electrons. The lowest BCUT2D eigenvalue weighted by molar-refractivity contribution is -0.142. The number of esters is 1. The van der Waals surface area contributed by atoms with Gasteiger partial charge in [-0.2, -0.15) is 0 Å². The Hall–Kier alpha value is -1.79. The molecule has 3 N–H and O–H groups in total. The third-order valence-corrected chi connectivity index (χ3v) is 1.98. The molecule has 0 aromatic rings. The Morgan fingerprint density at radius 2 is 1.94 bits per heavy atom. The van der Waals surface area contributed by atoms with Gasteiger partial charge in [0, 0.05) is 6.54 Å². The van der Waals surface area contributed by atoms with Crippen molar-refractivity contribution in [3.05, 3.63) is 0 Å². The summed E-state index contributed by atoms with van der Waals surface area (Å²) in [7, 11) is 0. The molecule has 1 unspecified atom stereocenters. The van der Waals surface area contributed by atoms with Gasteiger partial charge in [0.1, 0.15) is 6.54 Å². The van der Waals surface area contributed by atoms with Gasteiger partial charge in [0.25, 0.3) is 0 Å². The number of carboxylic acid groups (broad SMARTS) is 1. The maximum Gasteiger partial charge on any atom is 0.325 e. The van der Waals surface area contributed by atoms with Crippen molar-refractivity contribution in [3.63, 3.8) is 0 Å². The van der Waals surface area contributed by atoms with E-state index in [1.54, 1.807) is 13.8 Å². The first-order chi connectivity index (χ1) is 7.97. The van der Waals surface area contributed by atoms with Gasteiger partial charge in [-0.05, 0) is 13.3 Å². The molecule has 0 aliphatic carbocycles. The van der Waals surface area contributed by atoms with Crippen LogP contribution < -0.4 is 10.6 Å². The number of aliphatic carboxylic acids is 1. The minimum Gasteiger partial charge on any atom is -0.481 e. The van der Waals surface area contributed by atoms with E-state index < -0.39 is 23.9 Å². The van der Waals surface area contributed by atoms with Gasteiger partial charge in [-0.1, -0.05) is 6.92 Å². The normalized spacial score (nSPS) is 11.4. The third-order valence-electron chi connectivity index (χ3n) is 1.98. The Morgan fingerprint density at radius 3 is 2.47 bits per heavy atom. The molecular formula is C10H18N2O5. The first-order valence-corrected chi connectivity index (χ1v) is 5.37. The molecule has 0 heterocycles. The Bertz CT molecular complexity index is 280. The molecule has 7 heteroatoms. The van der Waals surface area contributed by atoms with Gasteiger partial charge in [0.15, 0.2) is 0 Å². The van der Waals surface area contributed by atoms with Crippen LogP contribution in [-0.4, -0.2) is 42.8 Å². The summed E-state index contributed by atoms with van der Waals surface area (Å²) >= 11 is 0. The highest BCUT2D eigenvalue weighted by Gasteiger charge is 2.11. The van der Waals surface area contributed by atoms with Crippen LogP contribution in [-0.2, 0) is 14.3 Å². The van der Waals surface area contributed by atoms with Gasteiger partial charge < -0.3 is 20.5 Å². The first-order valence-electron chi connectivity index (χ1n) is 5.37. The summed E-state index contributed by atoms with van der Waals surface area (Å²) in [5.74, 6) is -1.93. The lowest BCUT2D eigenvalue weighted by Crippen LogP contribution is -2.39. The molecule has 0 saturated carbocycles. The van der Waals surface area contributed by atoms with Crippen molar-refractivity contribution >= 4 is 18.0 Å². The zero-order valence-corrected chi connectivity index (χ0v) is 9.99. The number of urea groups is 1. The van der Waals surface area contributed by atoms with E-state index >= 15 is 0 Å². The van der Waals surface area contributed by atoms with E-state index in [0.717, 1.165) is 0 Å². The minimum absolute atomic E-state index is 0.200. The predicted molar refractivity (Wildman–Crippen MR) is 59.5 cm³/mol. The second-order valence-electron chi connectivity index (χ2n) is 3.44. The number of rotatable bonds is 7. The zero-order valence-electron chi connectivity index (χ0n) is 9.99. The fraction of sp³-hybridized carbons (Fsp3) is 0.700. The second-order valence-corrected chi connectivity index (χ2v) is 3.44. The van der Waals surface area contributed by atoms with Crippen molar-refractivity contribution in [3.8, 4) is 0 Å². The standard InChI is InChI=1S/C10H18N2O5/c1-3-17-8(13)6-12-10(16)11-5-4-7(2)9(14)15/h7H,3-6H2,1-2H3,(H,14,15)(H2,11,12,16). The van der Waals surface area contributed by atoms with Crippen molar-refractivity contribution in [1.29, 1.82) is 0 Å². The third kappa shape index (κ3) is 8.06. The van der Waals surface area contributed by atoms with Crippen LogP contribution in [0.4, 0.5) is 4.79 Å². The molecule has 98 valence electrons. The molecule has 0 aliphatic heterocycles. The molecule has 7 nitrogen and oxygen atoms in total. The summed E-state index contributed by atoms with van der Waals surface area (Å²) in [6, 6.07) is -0.518. The largest absolute Gasteiger partial charge is 0.481 e. The first kappa shape index (κ1) is 15.2.